The molecule has 1 atom stereocenters. The lowest BCUT2D eigenvalue weighted by molar-refractivity contribution is -0.149. The number of carboxylic acids is 1. The quantitative estimate of drug-likeness (QED) is 0.693. The Morgan fingerprint density at radius 1 is 1.26 bits per heavy atom. The molecule has 0 aliphatic heterocycles. The second-order valence-electron chi connectivity index (χ2n) is 5.38. The van der Waals surface area contributed by atoms with Crippen molar-refractivity contribution in [3.05, 3.63) is 29.3 Å². The van der Waals surface area contributed by atoms with E-state index in [1.165, 1.54) is 28.1 Å². The molecule has 126 valence electrons. The Labute approximate surface area is 134 Å². The molecule has 2 N–H and O–H groups in total. The van der Waals surface area contributed by atoms with Crippen molar-refractivity contribution in [2.75, 3.05) is 20.8 Å². The molecule has 1 aromatic carbocycles. The van der Waals surface area contributed by atoms with E-state index in [2.05, 4.69) is 5.32 Å². The SMILES string of the molecule is COCC(C)(NC(=O)Cc1cc(C(C)=O)ccc1OC)C(=O)O. The number of Topliss-reactive ketones (excluding diaryl/α,β-unsaturated/α-hetero) is 1. The molecule has 0 heterocycles. The minimum atomic E-state index is -1.53. The molecule has 0 bridgehead atoms. The fraction of sp³-hybridized carbons (Fsp3) is 0.438. The average molecular weight is 323 g/mol. The maximum absolute atomic E-state index is 12.2. The Bertz CT molecular complexity index is 613. The van der Waals surface area contributed by atoms with Gasteiger partial charge in [-0.15, -0.1) is 0 Å². The Balaban J connectivity index is 2.98. The van der Waals surface area contributed by atoms with Crippen LogP contribution < -0.4 is 10.1 Å². The van der Waals surface area contributed by atoms with Crippen LogP contribution in [0.3, 0.4) is 0 Å². The summed E-state index contributed by atoms with van der Waals surface area (Å²) in [4.78, 5) is 34.9. The predicted molar refractivity (Wildman–Crippen MR) is 82.8 cm³/mol. The number of nitrogens with one attached hydrogen (secondary N) is 1. The van der Waals surface area contributed by atoms with Crippen molar-refractivity contribution in [3.8, 4) is 5.75 Å². The van der Waals surface area contributed by atoms with Crippen molar-refractivity contribution >= 4 is 17.7 Å². The number of amides is 1. The van der Waals surface area contributed by atoms with Crippen LogP contribution in [0.4, 0.5) is 0 Å². The average Bonchev–Trinajstić information content (AvgIpc) is 2.46. The lowest BCUT2D eigenvalue weighted by Crippen LogP contribution is -2.55. The maximum atomic E-state index is 12.2. The highest BCUT2D eigenvalue weighted by Gasteiger charge is 2.35. The van der Waals surface area contributed by atoms with Crippen LogP contribution in [0.5, 0.6) is 5.75 Å². The second kappa shape index (κ2) is 7.73. The number of ketones is 1. The summed E-state index contributed by atoms with van der Waals surface area (Å²) in [5.74, 6) is -1.39. The first-order valence-corrected chi connectivity index (χ1v) is 6.94. The number of hydrogen-bond donors (Lipinski definition) is 2. The Morgan fingerprint density at radius 3 is 2.39 bits per heavy atom. The Kier molecular flexibility index (Phi) is 6.27. The van der Waals surface area contributed by atoms with Gasteiger partial charge in [0.25, 0.3) is 0 Å². The number of carbonyl (C=O) groups excluding carboxylic acids is 2. The van der Waals surface area contributed by atoms with Gasteiger partial charge in [0, 0.05) is 18.2 Å². The van der Waals surface area contributed by atoms with Crippen molar-refractivity contribution in [3.63, 3.8) is 0 Å². The molecular formula is C16H21NO6. The summed E-state index contributed by atoms with van der Waals surface area (Å²) in [6.07, 6.45) is -0.114. The third kappa shape index (κ3) is 4.79. The molecule has 1 unspecified atom stereocenters. The molecule has 0 radical (unpaired) electrons. The standard InChI is InChI=1S/C16H21NO6/c1-10(18)11-5-6-13(23-4)12(7-11)8-14(19)17-16(2,9-22-3)15(20)21/h5-7H,8-9H2,1-4H3,(H,17,19)(H,20,21). The number of rotatable bonds is 8. The molecule has 0 fully saturated rings. The maximum Gasteiger partial charge on any atom is 0.331 e. The van der Waals surface area contributed by atoms with E-state index in [-0.39, 0.29) is 18.8 Å². The zero-order chi connectivity index (χ0) is 17.6. The molecule has 0 saturated heterocycles. The van der Waals surface area contributed by atoms with Crippen LogP contribution >= 0.6 is 0 Å². The van der Waals surface area contributed by atoms with Crippen LogP contribution in [-0.2, 0) is 20.7 Å². The summed E-state index contributed by atoms with van der Waals surface area (Å²) in [5, 5.41) is 11.7. The normalized spacial score (nSPS) is 13.0. The fourth-order valence-electron chi connectivity index (χ4n) is 2.10. The summed E-state index contributed by atoms with van der Waals surface area (Å²) in [7, 11) is 2.81. The minimum Gasteiger partial charge on any atom is -0.496 e. The molecule has 1 rings (SSSR count). The molecule has 0 aliphatic carbocycles. The number of carbonyl (C=O) groups is 3. The van der Waals surface area contributed by atoms with Gasteiger partial charge in [0.05, 0.1) is 20.1 Å². The highest BCUT2D eigenvalue weighted by molar-refractivity contribution is 5.95. The molecular weight excluding hydrogens is 302 g/mol. The molecule has 0 aliphatic rings. The third-order valence-electron chi connectivity index (χ3n) is 3.36. The first kappa shape index (κ1) is 18.6. The first-order valence-electron chi connectivity index (χ1n) is 6.94. The summed E-state index contributed by atoms with van der Waals surface area (Å²) in [5.41, 5.74) is -0.577. The van der Waals surface area contributed by atoms with Crippen LogP contribution in [0.1, 0.15) is 29.8 Å². The lowest BCUT2D eigenvalue weighted by atomic mass is 10.0. The highest BCUT2D eigenvalue weighted by atomic mass is 16.5. The van der Waals surface area contributed by atoms with E-state index in [0.717, 1.165) is 0 Å². The Hall–Kier alpha value is -2.41. The van der Waals surface area contributed by atoms with Gasteiger partial charge in [-0.05, 0) is 32.0 Å². The van der Waals surface area contributed by atoms with Crippen molar-refractivity contribution < 1.29 is 29.0 Å². The highest BCUT2D eigenvalue weighted by Crippen LogP contribution is 2.21. The monoisotopic (exact) mass is 323 g/mol. The number of methoxy groups -OCH3 is 2. The third-order valence-corrected chi connectivity index (χ3v) is 3.36. The van der Waals surface area contributed by atoms with E-state index >= 15 is 0 Å². The van der Waals surface area contributed by atoms with Gasteiger partial charge in [0.2, 0.25) is 5.91 Å². The van der Waals surface area contributed by atoms with E-state index in [4.69, 9.17) is 9.47 Å². The van der Waals surface area contributed by atoms with E-state index in [1.54, 1.807) is 18.2 Å². The van der Waals surface area contributed by atoms with Gasteiger partial charge in [-0.1, -0.05) is 0 Å². The van der Waals surface area contributed by atoms with Crippen molar-refractivity contribution in [1.29, 1.82) is 0 Å². The van der Waals surface area contributed by atoms with Crippen LogP contribution in [0, 0.1) is 0 Å². The number of aliphatic carboxylic acids is 1. The zero-order valence-corrected chi connectivity index (χ0v) is 13.6. The molecule has 0 saturated carbocycles. The summed E-state index contributed by atoms with van der Waals surface area (Å²) in [6.45, 7) is 2.62. The van der Waals surface area contributed by atoms with Gasteiger partial charge in [-0.2, -0.15) is 0 Å². The van der Waals surface area contributed by atoms with Gasteiger partial charge < -0.3 is 19.9 Å². The van der Waals surface area contributed by atoms with E-state index in [1.807, 2.05) is 0 Å². The van der Waals surface area contributed by atoms with Gasteiger partial charge in [0.15, 0.2) is 11.3 Å². The predicted octanol–water partition coefficient (Wildman–Crippen LogP) is 1.05. The molecule has 23 heavy (non-hydrogen) atoms. The van der Waals surface area contributed by atoms with E-state index in [9.17, 15) is 19.5 Å². The van der Waals surface area contributed by atoms with Crippen molar-refractivity contribution in [1.82, 2.24) is 5.32 Å². The number of benzene rings is 1. The van der Waals surface area contributed by atoms with Crippen molar-refractivity contribution in [2.24, 2.45) is 0 Å². The summed E-state index contributed by atoms with van der Waals surface area (Å²) < 4.78 is 10.0. The largest absolute Gasteiger partial charge is 0.496 e. The van der Waals surface area contributed by atoms with Gasteiger partial charge >= 0.3 is 5.97 Å². The summed E-state index contributed by atoms with van der Waals surface area (Å²) in [6, 6.07) is 4.77. The number of hydrogen-bond acceptors (Lipinski definition) is 5. The molecule has 0 aromatic heterocycles. The first-order chi connectivity index (χ1) is 10.7. The van der Waals surface area contributed by atoms with Crippen molar-refractivity contribution in [2.45, 2.75) is 25.8 Å². The molecule has 7 heteroatoms. The topological polar surface area (TPSA) is 102 Å². The number of carboxylic acid groups (broad SMARTS) is 1. The van der Waals surface area contributed by atoms with Gasteiger partial charge in [-0.3, -0.25) is 9.59 Å². The van der Waals surface area contributed by atoms with E-state index < -0.39 is 17.4 Å². The fourth-order valence-corrected chi connectivity index (χ4v) is 2.10. The van der Waals surface area contributed by atoms with E-state index in [0.29, 0.717) is 16.9 Å². The zero-order valence-electron chi connectivity index (χ0n) is 13.6. The molecule has 1 amide bonds. The molecule has 1 aromatic rings. The minimum absolute atomic E-state index is 0.114. The second-order valence-corrected chi connectivity index (χ2v) is 5.38. The van der Waals surface area contributed by atoms with Crippen LogP contribution in [0.15, 0.2) is 18.2 Å². The molecule has 7 nitrogen and oxygen atoms in total. The summed E-state index contributed by atoms with van der Waals surface area (Å²) >= 11 is 0. The van der Waals surface area contributed by atoms with Crippen LogP contribution in [-0.4, -0.2) is 49.1 Å². The van der Waals surface area contributed by atoms with Crippen LogP contribution in [0.25, 0.3) is 0 Å². The smallest absolute Gasteiger partial charge is 0.331 e. The Morgan fingerprint density at radius 2 is 1.91 bits per heavy atom. The van der Waals surface area contributed by atoms with Crippen LogP contribution in [0.2, 0.25) is 0 Å². The molecule has 0 spiro atoms. The number of ether oxygens (including phenoxy) is 2. The van der Waals surface area contributed by atoms with Gasteiger partial charge in [0.1, 0.15) is 5.75 Å². The van der Waals surface area contributed by atoms with Gasteiger partial charge in [-0.25, -0.2) is 4.79 Å². The lowest BCUT2D eigenvalue weighted by Gasteiger charge is -2.25.